The summed E-state index contributed by atoms with van der Waals surface area (Å²) in [6, 6.07) is 9.06. The van der Waals surface area contributed by atoms with Crippen LogP contribution in [-0.2, 0) is 14.3 Å². The van der Waals surface area contributed by atoms with Crippen LogP contribution in [0.2, 0.25) is 0 Å². The van der Waals surface area contributed by atoms with E-state index in [1.54, 1.807) is 18.0 Å². The van der Waals surface area contributed by atoms with Crippen molar-refractivity contribution in [2.75, 3.05) is 40.3 Å². The third-order valence-corrected chi connectivity index (χ3v) is 5.29. The van der Waals surface area contributed by atoms with Crippen LogP contribution in [0.25, 0.3) is 11.0 Å². The van der Waals surface area contributed by atoms with Crippen molar-refractivity contribution < 1.29 is 41.8 Å². The largest absolute Gasteiger partial charge is 0.490 e. The summed E-state index contributed by atoms with van der Waals surface area (Å²) >= 11 is 0. The Bertz CT molecular complexity index is 982. The predicted molar refractivity (Wildman–Crippen MR) is 105 cm³/mol. The number of alkyl halides is 3. The number of ether oxygens (including phenoxy) is 1. The maximum Gasteiger partial charge on any atom is 0.490 e. The molecule has 32 heavy (non-hydrogen) atoms. The van der Waals surface area contributed by atoms with Gasteiger partial charge in [0.15, 0.2) is 5.76 Å². The number of para-hydroxylation sites is 1. The number of nitrogens with zero attached hydrogens (tertiary/aromatic N) is 2. The molecule has 0 radical (unpaired) electrons. The molecule has 1 aromatic heterocycles. The molecule has 2 N–H and O–H groups in total. The molecule has 2 saturated heterocycles. The van der Waals surface area contributed by atoms with E-state index in [2.05, 4.69) is 5.32 Å². The molecule has 2 amide bonds. The van der Waals surface area contributed by atoms with Gasteiger partial charge in [0.25, 0.3) is 5.91 Å². The minimum atomic E-state index is -5.08. The number of furan rings is 1. The highest BCUT2D eigenvalue weighted by molar-refractivity contribution is 5.96. The van der Waals surface area contributed by atoms with E-state index < -0.39 is 12.1 Å². The second kappa shape index (κ2) is 8.79. The Morgan fingerprint density at radius 2 is 1.81 bits per heavy atom. The van der Waals surface area contributed by atoms with Gasteiger partial charge in [-0.2, -0.15) is 13.2 Å². The summed E-state index contributed by atoms with van der Waals surface area (Å²) in [4.78, 5) is 37.1. The number of aliphatic carboxylic acids is 1. The molecule has 3 heterocycles. The van der Waals surface area contributed by atoms with Crippen LogP contribution in [0.3, 0.4) is 0 Å². The predicted octanol–water partition coefficient (Wildman–Crippen LogP) is 1.34. The summed E-state index contributed by atoms with van der Waals surface area (Å²) in [5.41, 5.74) is 0.323. The zero-order chi connectivity index (χ0) is 23.7. The number of carboxylic acid groups (broad SMARTS) is 1. The van der Waals surface area contributed by atoms with Crippen LogP contribution in [-0.4, -0.2) is 90.8 Å². The Labute approximate surface area is 180 Å². The molecule has 0 saturated carbocycles. The van der Waals surface area contributed by atoms with E-state index in [0.29, 0.717) is 37.6 Å². The minimum absolute atomic E-state index is 0.0492. The number of carbonyl (C=O) groups excluding carboxylic acids is 2. The molecule has 1 spiro atoms. The zero-order valence-electron chi connectivity index (χ0n) is 17.3. The number of carbonyl (C=O) groups is 3. The fraction of sp³-hybridized carbons (Fsp3) is 0.450. The van der Waals surface area contributed by atoms with Gasteiger partial charge in [-0.3, -0.25) is 14.5 Å². The molecule has 4 rings (SSSR count). The lowest BCUT2D eigenvalue weighted by Gasteiger charge is -2.54. The molecule has 0 bridgehead atoms. The Hall–Kier alpha value is -3.12. The van der Waals surface area contributed by atoms with Crippen LogP contribution in [0.5, 0.6) is 0 Å². The lowest BCUT2D eigenvalue weighted by Crippen LogP contribution is -2.73. The smallest absolute Gasteiger partial charge is 0.475 e. The van der Waals surface area contributed by atoms with Gasteiger partial charge in [-0.25, -0.2) is 4.79 Å². The Morgan fingerprint density at radius 1 is 1.19 bits per heavy atom. The van der Waals surface area contributed by atoms with Crippen LogP contribution < -0.4 is 5.32 Å². The summed E-state index contributed by atoms with van der Waals surface area (Å²) in [6.45, 7) is 1.97. The maximum atomic E-state index is 12.6. The van der Waals surface area contributed by atoms with E-state index in [9.17, 15) is 22.8 Å². The molecule has 1 unspecified atom stereocenters. The summed E-state index contributed by atoms with van der Waals surface area (Å²) in [7, 11) is 3.53. The van der Waals surface area contributed by atoms with Crippen LogP contribution in [0, 0.1) is 0 Å². The Balaban J connectivity index is 0.000000360. The van der Waals surface area contributed by atoms with Crippen molar-refractivity contribution in [3.63, 3.8) is 0 Å². The molecule has 12 heteroatoms. The number of halogens is 3. The fourth-order valence-electron chi connectivity index (χ4n) is 3.66. The molecular weight excluding hydrogens is 435 g/mol. The molecule has 0 aliphatic carbocycles. The highest BCUT2D eigenvalue weighted by Crippen LogP contribution is 2.32. The van der Waals surface area contributed by atoms with E-state index in [1.165, 1.54) is 0 Å². The lowest BCUT2D eigenvalue weighted by atomic mass is 9.90. The maximum absolute atomic E-state index is 12.6. The normalized spacial score (nSPS) is 20.3. The van der Waals surface area contributed by atoms with Crippen LogP contribution >= 0.6 is 0 Å². The minimum Gasteiger partial charge on any atom is -0.475 e. The van der Waals surface area contributed by atoms with Crippen molar-refractivity contribution in [1.82, 2.24) is 15.1 Å². The molecular formula is C20H22F3N3O6. The highest BCUT2D eigenvalue weighted by Gasteiger charge is 2.51. The van der Waals surface area contributed by atoms with E-state index in [0.717, 1.165) is 5.39 Å². The van der Waals surface area contributed by atoms with Gasteiger partial charge in [0.1, 0.15) is 17.2 Å². The first kappa shape index (κ1) is 23.5. The third-order valence-electron chi connectivity index (χ3n) is 5.29. The number of rotatable bonds is 2. The van der Waals surface area contributed by atoms with Gasteiger partial charge in [0, 0.05) is 19.0 Å². The van der Waals surface area contributed by atoms with Gasteiger partial charge in [-0.1, -0.05) is 18.2 Å². The molecule has 2 aromatic rings. The van der Waals surface area contributed by atoms with Gasteiger partial charge in [-0.05, 0) is 19.2 Å². The summed E-state index contributed by atoms with van der Waals surface area (Å²) in [6.07, 6.45) is -5.08. The lowest BCUT2D eigenvalue weighted by molar-refractivity contribution is -0.192. The first-order valence-electron chi connectivity index (χ1n) is 9.59. The van der Waals surface area contributed by atoms with Gasteiger partial charge in [0.2, 0.25) is 5.91 Å². The quantitative estimate of drug-likeness (QED) is 0.700. The number of hydrogen-bond donors (Lipinski definition) is 2. The first-order chi connectivity index (χ1) is 15.0. The van der Waals surface area contributed by atoms with Crippen molar-refractivity contribution >= 4 is 28.8 Å². The van der Waals surface area contributed by atoms with Crippen LogP contribution in [0.1, 0.15) is 10.6 Å². The molecule has 1 aromatic carbocycles. The van der Waals surface area contributed by atoms with E-state index in [4.69, 9.17) is 19.1 Å². The number of likely N-dealkylation sites (tertiary alicyclic amines) is 1. The number of fused-ring (bicyclic) bond motifs is 1. The van der Waals surface area contributed by atoms with E-state index in [-0.39, 0.29) is 23.5 Å². The number of hydrogen-bond acceptors (Lipinski definition) is 6. The van der Waals surface area contributed by atoms with Crippen LogP contribution in [0.15, 0.2) is 34.7 Å². The highest BCUT2D eigenvalue weighted by atomic mass is 19.4. The standard InChI is InChI=1S/C18H21N3O4.C2HF3O2/c1-19-16(22)13-8-24-18(9-20(13)2)10-21(11-18)17(23)15-7-12-5-3-4-6-14(12)25-15;3-2(4,5)1(6)7/h3-7,13H,8-11H2,1-2H3,(H,19,22);(H,6,7). The summed E-state index contributed by atoms with van der Waals surface area (Å²) in [5, 5.41) is 10.7. The summed E-state index contributed by atoms with van der Waals surface area (Å²) in [5.74, 6) is -2.58. The average molecular weight is 457 g/mol. The average Bonchev–Trinajstić information content (AvgIpc) is 3.15. The van der Waals surface area contributed by atoms with Crippen molar-refractivity contribution in [2.45, 2.75) is 17.8 Å². The second-order valence-corrected chi connectivity index (χ2v) is 7.65. The first-order valence-corrected chi connectivity index (χ1v) is 9.59. The number of nitrogens with one attached hydrogen (secondary N) is 1. The number of morpholine rings is 1. The monoisotopic (exact) mass is 457 g/mol. The number of benzene rings is 1. The topological polar surface area (TPSA) is 112 Å². The van der Waals surface area contributed by atoms with Gasteiger partial charge in [0.05, 0.1) is 19.7 Å². The van der Waals surface area contributed by atoms with Crippen molar-refractivity contribution in [1.29, 1.82) is 0 Å². The van der Waals surface area contributed by atoms with Gasteiger partial charge in [-0.15, -0.1) is 0 Å². The Morgan fingerprint density at radius 3 is 2.34 bits per heavy atom. The Kier molecular flexibility index (Phi) is 6.46. The number of carboxylic acids is 1. The summed E-state index contributed by atoms with van der Waals surface area (Å²) < 4.78 is 43.3. The van der Waals surface area contributed by atoms with Crippen molar-refractivity contribution in [3.05, 3.63) is 36.1 Å². The van der Waals surface area contributed by atoms with Crippen molar-refractivity contribution in [3.8, 4) is 0 Å². The SMILES string of the molecule is CNC(=O)C1COC2(CN(C(=O)c3cc4ccccc4o3)C2)CN1C.O=C(O)C(F)(F)F. The van der Waals surface area contributed by atoms with E-state index >= 15 is 0 Å². The molecule has 2 aliphatic rings. The molecule has 2 fully saturated rings. The number of likely N-dealkylation sites (N-methyl/N-ethyl adjacent to an activating group) is 2. The molecule has 2 aliphatic heterocycles. The van der Waals surface area contributed by atoms with Gasteiger partial charge < -0.3 is 24.5 Å². The molecule has 1 atom stereocenters. The second-order valence-electron chi connectivity index (χ2n) is 7.65. The van der Waals surface area contributed by atoms with Crippen LogP contribution in [0.4, 0.5) is 13.2 Å². The fourth-order valence-corrected chi connectivity index (χ4v) is 3.66. The molecule has 174 valence electrons. The van der Waals surface area contributed by atoms with E-state index in [1.807, 2.05) is 36.2 Å². The third kappa shape index (κ3) is 4.86. The number of amides is 2. The van der Waals surface area contributed by atoms with Gasteiger partial charge >= 0.3 is 12.1 Å². The van der Waals surface area contributed by atoms with Crippen molar-refractivity contribution in [2.24, 2.45) is 0 Å². The zero-order valence-corrected chi connectivity index (χ0v) is 17.3. The molecule has 9 nitrogen and oxygen atoms in total.